The molecule has 0 unspecified atom stereocenters. The number of β-amino-alcohol motifs (C(OH)–C–C–N with tert-alkyl or cyclic N) is 3. The second-order valence-corrected chi connectivity index (χ2v) is 6.45. The van der Waals surface area contributed by atoms with E-state index in [1.54, 1.807) is 0 Å². The topological polar surface area (TPSA) is 70.4 Å². The van der Waals surface area contributed by atoms with Gasteiger partial charge in [-0.2, -0.15) is 0 Å². The minimum Gasteiger partial charge on any atom is -0.392 e. The third-order valence-electron chi connectivity index (χ3n) is 3.76. The highest BCUT2D eigenvalue weighted by Crippen LogP contribution is 2.03. The van der Waals surface area contributed by atoms with Crippen LogP contribution in [0.5, 0.6) is 0 Å². The fourth-order valence-electron chi connectivity index (χ4n) is 2.85. The molecule has 1 saturated heterocycles. The van der Waals surface area contributed by atoms with Crippen LogP contribution in [0.4, 0.5) is 0 Å². The second kappa shape index (κ2) is 9.71. The highest BCUT2D eigenvalue weighted by atomic mass is 16.3. The number of nitrogens with zero attached hydrogens (tertiary/aromatic N) is 3. The minimum atomic E-state index is -0.332. The van der Waals surface area contributed by atoms with E-state index in [1.165, 1.54) is 0 Å². The van der Waals surface area contributed by atoms with Crippen LogP contribution < -0.4 is 0 Å². The molecule has 6 nitrogen and oxygen atoms in total. The van der Waals surface area contributed by atoms with Gasteiger partial charge in [0.1, 0.15) is 0 Å². The van der Waals surface area contributed by atoms with E-state index in [0.29, 0.717) is 19.6 Å². The molecule has 3 N–H and O–H groups in total. The number of hydrogen-bond acceptors (Lipinski definition) is 6. The smallest absolute Gasteiger partial charge is 0.0639 e. The van der Waals surface area contributed by atoms with Crippen LogP contribution in [-0.2, 0) is 0 Å². The summed E-state index contributed by atoms with van der Waals surface area (Å²) in [5.74, 6) is 0. The fraction of sp³-hybridized carbons (Fsp3) is 1.00. The molecular formula is C15H33N3O3. The number of hydrogen-bond donors (Lipinski definition) is 3. The molecule has 0 radical (unpaired) electrons. The summed E-state index contributed by atoms with van der Waals surface area (Å²) in [7, 11) is 0. The van der Waals surface area contributed by atoms with Gasteiger partial charge in [-0.15, -0.1) is 0 Å². The molecule has 0 saturated carbocycles. The van der Waals surface area contributed by atoms with Gasteiger partial charge in [0, 0.05) is 58.9 Å². The van der Waals surface area contributed by atoms with E-state index in [-0.39, 0.29) is 18.3 Å². The average Bonchev–Trinajstić information content (AvgIpc) is 2.42. The lowest BCUT2D eigenvalue weighted by atomic mass is 10.3. The maximum Gasteiger partial charge on any atom is 0.0639 e. The summed E-state index contributed by atoms with van der Waals surface area (Å²) in [6.45, 7) is 12.9. The molecule has 1 fully saturated rings. The maximum absolute atomic E-state index is 9.61. The second-order valence-electron chi connectivity index (χ2n) is 6.45. The number of rotatable bonds is 6. The molecule has 0 aromatic carbocycles. The molecule has 1 heterocycles. The first-order valence-corrected chi connectivity index (χ1v) is 8.08. The Labute approximate surface area is 129 Å². The highest BCUT2D eigenvalue weighted by molar-refractivity contribution is 4.74. The van der Waals surface area contributed by atoms with E-state index >= 15 is 0 Å². The lowest BCUT2D eigenvalue weighted by Gasteiger charge is -2.27. The van der Waals surface area contributed by atoms with Crippen molar-refractivity contribution in [2.45, 2.75) is 39.1 Å². The normalized spacial score (nSPS) is 24.9. The molecule has 6 heteroatoms. The van der Waals surface area contributed by atoms with Crippen molar-refractivity contribution in [2.75, 3.05) is 58.9 Å². The summed E-state index contributed by atoms with van der Waals surface area (Å²) < 4.78 is 0. The van der Waals surface area contributed by atoms with E-state index < -0.39 is 0 Å². The highest BCUT2D eigenvalue weighted by Gasteiger charge is 2.18. The van der Waals surface area contributed by atoms with Crippen molar-refractivity contribution < 1.29 is 15.3 Å². The Morgan fingerprint density at radius 1 is 0.571 bits per heavy atom. The zero-order valence-electron chi connectivity index (χ0n) is 13.8. The van der Waals surface area contributed by atoms with Gasteiger partial charge in [0.05, 0.1) is 18.3 Å². The number of aliphatic hydroxyl groups is 3. The maximum atomic E-state index is 9.61. The van der Waals surface area contributed by atoms with Crippen LogP contribution in [0.15, 0.2) is 0 Å². The van der Waals surface area contributed by atoms with E-state index in [4.69, 9.17) is 0 Å². The van der Waals surface area contributed by atoms with E-state index in [0.717, 1.165) is 39.3 Å². The zero-order chi connectivity index (χ0) is 15.8. The summed E-state index contributed by atoms with van der Waals surface area (Å²) in [5.41, 5.74) is 0. The predicted molar refractivity (Wildman–Crippen MR) is 84.4 cm³/mol. The van der Waals surface area contributed by atoms with Gasteiger partial charge in [0.2, 0.25) is 0 Å². The molecule has 1 aliphatic heterocycles. The summed E-state index contributed by atoms with van der Waals surface area (Å²) in [5, 5.41) is 28.8. The third kappa shape index (κ3) is 8.70. The van der Waals surface area contributed by atoms with Crippen LogP contribution in [0.25, 0.3) is 0 Å². The fourth-order valence-corrected chi connectivity index (χ4v) is 2.85. The van der Waals surface area contributed by atoms with Crippen molar-refractivity contribution in [3.05, 3.63) is 0 Å². The van der Waals surface area contributed by atoms with Crippen molar-refractivity contribution in [3.63, 3.8) is 0 Å². The van der Waals surface area contributed by atoms with Gasteiger partial charge in [0.15, 0.2) is 0 Å². The molecular weight excluding hydrogens is 270 g/mol. The van der Waals surface area contributed by atoms with Gasteiger partial charge in [-0.1, -0.05) is 0 Å². The Morgan fingerprint density at radius 2 is 0.762 bits per heavy atom. The first-order valence-electron chi connectivity index (χ1n) is 8.08. The van der Waals surface area contributed by atoms with Crippen molar-refractivity contribution in [2.24, 2.45) is 0 Å². The first-order chi connectivity index (χ1) is 9.86. The molecule has 3 atom stereocenters. The van der Waals surface area contributed by atoms with E-state index in [2.05, 4.69) is 14.7 Å². The van der Waals surface area contributed by atoms with Crippen molar-refractivity contribution in [1.82, 2.24) is 14.7 Å². The van der Waals surface area contributed by atoms with E-state index in [1.807, 2.05) is 20.8 Å². The lowest BCUT2D eigenvalue weighted by Crippen LogP contribution is -2.41. The molecule has 0 aromatic rings. The Hall–Kier alpha value is -0.240. The SMILES string of the molecule is C[C@H](O)CN1CCN(C[C@H](C)O)CCN(C[C@H](C)O)CC1. The van der Waals surface area contributed by atoms with E-state index in [9.17, 15) is 15.3 Å². The largest absolute Gasteiger partial charge is 0.392 e. The van der Waals surface area contributed by atoms with Crippen LogP contribution in [-0.4, -0.2) is 107 Å². The van der Waals surface area contributed by atoms with Crippen LogP contribution >= 0.6 is 0 Å². The zero-order valence-corrected chi connectivity index (χ0v) is 13.8. The molecule has 1 rings (SSSR count). The van der Waals surface area contributed by atoms with Gasteiger partial charge in [-0.25, -0.2) is 0 Å². The molecule has 0 spiro atoms. The van der Waals surface area contributed by atoms with Gasteiger partial charge >= 0.3 is 0 Å². The molecule has 1 aliphatic rings. The summed E-state index contributed by atoms with van der Waals surface area (Å²) in [6.07, 6.45) is -0.997. The third-order valence-corrected chi connectivity index (χ3v) is 3.76. The first kappa shape index (κ1) is 18.8. The molecule has 0 aliphatic carbocycles. The molecule has 0 bridgehead atoms. The Kier molecular flexibility index (Phi) is 8.70. The van der Waals surface area contributed by atoms with Crippen molar-refractivity contribution in [1.29, 1.82) is 0 Å². The Bertz CT molecular complexity index is 220. The molecule has 126 valence electrons. The average molecular weight is 303 g/mol. The van der Waals surface area contributed by atoms with Gasteiger partial charge in [-0.05, 0) is 20.8 Å². The van der Waals surface area contributed by atoms with Crippen LogP contribution in [0, 0.1) is 0 Å². The monoisotopic (exact) mass is 303 g/mol. The minimum absolute atomic E-state index is 0.332. The lowest BCUT2D eigenvalue weighted by molar-refractivity contribution is 0.102. The van der Waals surface area contributed by atoms with Crippen LogP contribution in [0.1, 0.15) is 20.8 Å². The van der Waals surface area contributed by atoms with Crippen molar-refractivity contribution in [3.8, 4) is 0 Å². The Morgan fingerprint density at radius 3 is 0.905 bits per heavy atom. The summed E-state index contributed by atoms with van der Waals surface area (Å²) >= 11 is 0. The quantitative estimate of drug-likeness (QED) is 0.588. The summed E-state index contributed by atoms with van der Waals surface area (Å²) in [6, 6.07) is 0. The Balaban J connectivity index is 2.62. The molecule has 0 amide bonds. The summed E-state index contributed by atoms with van der Waals surface area (Å²) in [4.78, 5) is 6.79. The van der Waals surface area contributed by atoms with Crippen LogP contribution in [0.2, 0.25) is 0 Å². The van der Waals surface area contributed by atoms with Crippen molar-refractivity contribution >= 4 is 0 Å². The molecule has 21 heavy (non-hydrogen) atoms. The predicted octanol–water partition coefficient (Wildman–Crippen LogP) is -0.952. The van der Waals surface area contributed by atoms with Gasteiger partial charge < -0.3 is 15.3 Å². The van der Waals surface area contributed by atoms with Gasteiger partial charge in [0.25, 0.3) is 0 Å². The molecule has 0 aromatic heterocycles. The standard InChI is InChI=1S/C15H33N3O3/c1-13(19)10-16-4-6-17(11-14(2)20)8-9-18(7-5-16)12-15(3)21/h13-15,19-21H,4-12H2,1-3H3/t13-,14-,15-/m0/s1. The number of aliphatic hydroxyl groups excluding tert-OH is 3. The van der Waals surface area contributed by atoms with Gasteiger partial charge in [-0.3, -0.25) is 14.7 Å². The van der Waals surface area contributed by atoms with Crippen LogP contribution in [0.3, 0.4) is 0 Å².